The number of carbonyl (C=O) groups is 1. The van der Waals surface area contributed by atoms with Gasteiger partial charge in [0, 0.05) is 18.1 Å². The molecule has 0 aliphatic carbocycles. The lowest BCUT2D eigenvalue weighted by atomic mass is 10.2. The summed E-state index contributed by atoms with van der Waals surface area (Å²) < 4.78 is 25.3. The Morgan fingerprint density at radius 1 is 1.31 bits per heavy atom. The maximum atomic E-state index is 12.9. The van der Waals surface area contributed by atoms with Crippen LogP contribution in [0.5, 0.6) is 0 Å². The molecule has 68 valence electrons. The normalized spacial score (nSPS) is 10.6. The molecule has 1 nitrogen and oxygen atoms in total. The quantitative estimate of drug-likeness (QED) is 0.656. The Hall–Kier alpha value is -1.51. The molecule has 0 aliphatic rings. The fraction of sp³-hybridized carbons (Fsp3) is 0.100. The zero-order valence-electron chi connectivity index (χ0n) is 6.84. The summed E-state index contributed by atoms with van der Waals surface area (Å²) in [5.74, 6) is -1.23. The van der Waals surface area contributed by atoms with Gasteiger partial charge in [-0.3, -0.25) is 0 Å². The molecule has 1 aromatic carbocycles. The highest BCUT2D eigenvalue weighted by molar-refractivity contribution is 5.58. The lowest BCUT2D eigenvalue weighted by Crippen LogP contribution is -1.83. The second kappa shape index (κ2) is 4.50. The number of carbonyl (C=O) groups excluding carboxylic acids is 1. The highest BCUT2D eigenvalue weighted by atomic mass is 19.1. The molecular weight excluding hydrogens is 174 g/mol. The Labute approximate surface area is 74.7 Å². The number of rotatable bonds is 3. The van der Waals surface area contributed by atoms with Crippen molar-refractivity contribution in [3.05, 3.63) is 41.5 Å². The molecule has 1 aromatic rings. The standard InChI is InChI=1S/C10H8F2O/c11-9-5-4-8(10(12)7-9)3-1-2-6-13/h1,3-7H,2H2. The summed E-state index contributed by atoms with van der Waals surface area (Å²) in [6.45, 7) is 0. The van der Waals surface area contributed by atoms with Crippen LogP contribution in [0.3, 0.4) is 0 Å². The van der Waals surface area contributed by atoms with E-state index in [-0.39, 0.29) is 12.0 Å². The van der Waals surface area contributed by atoms with Gasteiger partial charge in [0.15, 0.2) is 0 Å². The van der Waals surface area contributed by atoms with E-state index < -0.39 is 11.6 Å². The molecule has 0 spiro atoms. The first kappa shape index (κ1) is 9.58. The highest BCUT2D eigenvalue weighted by Gasteiger charge is 1.98. The molecule has 13 heavy (non-hydrogen) atoms. The van der Waals surface area contributed by atoms with Gasteiger partial charge in [-0.15, -0.1) is 0 Å². The van der Waals surface area contributed by atoms with Gasteiger partial charge in [0.25, 0.3) is 0 Å². The van der Waals surface area contributed by atoms with E-state index in [0.29, 0.717) is 6.29 Å². The maximum absolute atomic E-state index is 12.9. The van der Waals surface area contributed by atoms with Crippen LogP contribution >= 0.6 is 0 Å². The minimum atomic E-state index is -0.623. The predicted octanol–water partition coefficient (Wildman–Crippen LogP) is 2.57. The van der Waals surface area contributed by atoms with Crippen molar-refractivity contribution in [1.29, 1.82) is 0 Å². The fourth-order valence-electron chi connectivity index (χ4n) is 0.887. The molecule has 1 rings (SSSR count). The average molecular weight is 182 g/mol. The molecular formula is C10H8F2O. The van der Waals surface area contributed by atoms with Crippen LogP contribution in [0.25, 0.3) is 6.08 Å². The molecule has 0 atom stereocenters. The number of hydrogen-bond acceptors (Lipinski definition) is 1. The van der Waals surface area contributed by atoms with Crippen molar-refractivity contribution >= 4 is 12.4 Å². The van der Waals surface area contributed by atoms with Crippen molar-refractivity contribution in [3.63, 3.8) is 0 Å². The van der Waals surface area contributed by atoms with E-state index in [0.717, 1.165) is 6.07 Å². The minimum Gasteiger partial charge on any atom is -0.303 e. The number of hydrogen-bond donors (Lipinski definition) is 0. The van der Waals surface area contributed by atoms with Gasteiger partial charge < -0.3 is 4.79 Å². The molecule has 0 fully saturated rings. The van der Waals surface area contributed by atoms with Crippen LogP contribution < -0.4 is 0 Å². The van der Waals surface area contributed by atoms with Crippen LogP contribution in [0.2, 0.25) is 0 Å². The van der Waals surface area contributed by atoms with Crippen LogP contribution in [0.1, 0.15) is 12.0 Å². The van der Waals surface area contributed by atoms with E-state index in [1.807, 2.05) is 0 Å². The van der Waals surface area contributed by atoms with Crippen molar-refractivity contribution in [2.75, 3.05) is 0 Å². The van der Waals surface area contributed by atoms with Crippen molar-refractivity contribution in [1.82, 2.24) is 0 Å². The van der Waals surface area contributed by atoms with Crippen LogP contribution in [0.4, 0.5) is 8.78 Å². The van der Waals surface area contributed by atoms with Gasteiger partial charge in [-0.05, 0) is 12.1 Å². The van der Waals surface area contributed by atoms with Gasteiger partial charge in [0.05, 0.1) is 0 Å². The first-order valence-corrected chi connectivity index (χ1v) is 3.79. The summed E-state index contributed by atoms with van der Waals surface area (Å²) in [5.41, 5.74) is 0.281. The Kier molecular flexibility index (Phi) is 3.31. The zero-order chi connectivity index (χ0) is 9.68. The van der Waals surface area contributed by atoms with Gasteiger partial charge >= 0.3 is 0 Å². The van der Waals surface area contributed by atoms with Crippen molar-refractivity contribution in [3.8, 4) is 0 Å². The van der Waals surface area contributed by atoms with Crippen LogP contribution in [0, 0.1) is 11.6 Å². The zero-order valence-corrected chi connectivity index (χ0v) is 6.84. The second-order valence-corrected chi connectivity index (χ2v) is 2.47. The first-order chi connectivity index (χ1) is 6.24. The second-order valence-electron chi connectivity index (χ2n) is 2.47. The summed E-state index contributed by atoms with van der Waals surface area (Å²) in [7, 11) is 0. The molecule has 3 heteroatoms. The van der Waals surface area contributed by atoms with Crippen molar-refractivity contribution < 1.29 is 13.6 Å². The Balaban J connectivity index is 2.83. The molecule has 0 aliphatic heterocycles. The molecule has 0 amide bonds. The van der Waals surface area contributed by atoms with Gasteiger partial charge in [-0.2, -0.15) is 0 Å². The Bertz CT molecular complexity index is 332. The molecule has 0 aromatic heterocycles. The van der Waals surface area contributed by atoms with Crippen molar-refractivity contribution in [2.24, 2.45) is 0 Å². The van der Waals surface area contributed by atoms with E-state index >= 15 is 0 Å². The third-order valence-corrected chi connectivity index (χ3v) is 1.49. The van der Waals surface area contributed by atoms with Gasteiger partial charge in [0.1, 0.15) is 17.9 Å². The Morgan fingerprint density at radius 3 is 2.69 bits per heavy atom. The third kappa shape index (κ3) is 2.78. The summed E-state index contributed by atoms with van der Waals surface area (Å²) >= 11 is 0. The largest absolute Gasteiger partial charge is 0.303 e. The molecule has 0 saturated carbocycles. The number of allylic oxidation sites excluding steroid dienone is 1. The SMILES string of the molecule is O=CCC=Cc1ccc(F)cc1F. The first-order valence-electron chi connectivity index (χ1n) is 3.79. The summed E-state index contributed by atoms with van der Waals surface area (Å²) in [5, 5.41) is 0. The molecule has 0 N–H and O–H groups in total. The van der Waals surface area contributed by atoms with Crippen LogP contribution in [-0.4, -0.2) is 6.29 Å². The van der Waals surface area contributed by atoms with E-state index in [4.69, 9.17) is 0 Å². The van der Waals surface area contributed by atoms with Gasteiger partial charge in [0.2, 0.25) is 0 Å². The lowest BCUT2D eigenvalue weighted by Gasteiger charge is -1.95. The van der Waals surface area contributed by atoms with E-state index in [9.17, 15) is 13.6 Å². The van der Waals surface area contributed by atoms with E-state index in [1.54, 1.807) is 0 Å². The van der Waals surface area contributed by atoms with E-state index in [1.165, 1.54) is 24.3 Å². The third-order valence-electron chi connectivity index (χ3n) is 1.49. The fourth-order valence-corrected chi connectivity index (χ4v) is 0.887. The smallest absolute Gasteiger partial charge is 0.133 e. The lowest BCUT2D eigenvalue weighted by molar-refractivity contribution is -0.107. The number of halogens is 2. The minimum absolute atomic E-state index is 0.233. The molecule has 0 bridgehead atoms. The Morgan fingerprint density at radius 2 is 2.08 bits per heavy atom. The summed E-state index contributed by atoms with van der Waals surface area (Å²) in [6.07, 6.45) is 3.90. The average Bonchev–Trinajstić information content (AvgIpc) is 2.09. The topological polar surface area (TPSA) is 17.1 Å². The van der Waals surface area contributed by atoms with Crippen molar-refractivity contribution in [2.45, 2.75) is 6.42 Å². The van der Waals surface area contributed by atoms with Crippen LogP contribution in [-0.2, 0) is 4.79 Å². The monoisotopic (exact) mass is 182 g/mol. The van der Waals surface area contributed by atoms with Gasteiger partial charge in [-0.25, -0.2) is 8.78 Å². The molecule has 0 heterocycles. The number of aldehydes is 1. The predicted molar refractivity (Wildman–Crippen MR) is 46.1 cm³/mol. The molecule has 0 radical (unpaired) electrons. The number of benzene rings is 1. The summed E-state index contributed by atoms with van der Waals surface area (Å²) in [4.78, 5) is 9.93. The highest BCUT2D eigenvalue weighted by Crippen LogP contribution is 2.10. The van der Waals surface area contributed by atoms with E-state index in [2.05, 4.69) is 0 Å². The molecule has 0 saturated heterocycles. The van der Waals surface area contributed by atoms with Gasteiger partial charge in [-0.1, -0.05) is 12.2 Å². The summed E-state index contributed by atoms with van der Waals surface area (Å²) in [6, 6.07) is 3.30. The van der Waals surface area contributed by atoms with Crippen LogP contribution in [0.15, 0.2) is 24.3 Å². The maximum Gasteiger partial charge on any atom is 0.133 e. The molecule has 0 unspecified atom stereocenters.